The molecule has 2 aromatic heterocycles. The minimum absolute atomic E-state index is 0.0449. The van der Waals surface area contributed by atoms with E-state index in [0.717, 1.165) is 0 Å². The molecule has 0 spiro atoms. The number of hydrogen-bond donors (Lipinski definition) is 1. The molecule has 0 unspecified atom stereocenters. The monoisotopic (exact) mass is 372 g/mol. The van der Waals surface area contributed by atoms with Crippen molar-refractivity contribution in [1.82, 2.24) is 15.0 Å². The summed E-state index contributed by atoms with van der Waals surface area (Å²) in [5.41, 5.74) is 0.221. The average molecular weight is 373 g/mol. The Morgan fingerprint density at radius 2 is 2.13 bits per heavy atom. The third kappa shape index (κ3) is 4.78. The highest BCUT2D eigenvalue weighted by Gasteiger charge is 2.17. The minimum Gasteiger partial charge on any atom is -0.451 e. The van der Waals surface area contributed by atoms with Crippen LogP contribution in [0.2, 0.25) is 10.2 Å². The molecule has 0 aliphatic heterocycles. The van der Waals surface area contributed by atoms with Gasteiger partial charge in [0, 0.05) is 6.20 Å². The number of esters is 1. The Bertz CT molecular complexity index is 745. The zero-order valence-corrected chi connectivity index (χ0v) is 14.1. The van der Waals surface area contributed by atoms with E-state index in [9.17, 15) is 9.59 Å². The number of aromatic nitrogens is 3. The molecule has 23 heavy (non-hydrogen) atoms. The Morgan fingerprint density at radius 1 is 1.35 bits per heavy atom. The second-order valence-corrected chi connectivity index (χ2v) is 5.56. The number of nitrogens with zero attached hydrogens (tertiary/aromatic N) is 3. The van der Waals surface area contributed by atoms with Crippen LogP contribution in [0, 0.1) is 0 Å². The Balaban J connectivity index is 1.96. The van der Waals surface area contributed by atoms with Crippen molar-refractivity contribution >= 4 is 52.5 Å². The van der Waals surface area contributed by atoms with Crippen molar-refractivity contribution in [3.8, 4) is 0 Å². The van der Waals surface area contributed by atoms with Crippen molar-refractivity contribution in [3.05, 3.63) is 40.4 Å². The van der Waals surface area contributed by atoms with Crippen LogP contribution in [-0.4, -0.2) is 39.7 Å². The van der Waals surface area contributed by atoms with Crippen LogP contribution in [0.25, 0.3) is 0 Å². The smallest absolute Gasteiger partial charge is 0.359 e. The molecule has 10 heteroatoms. The molecule has 2 rings (SSSR count). The fraction of sp³-hybridized carbons (Fsp3) is 0.154. The topological polar surface area (TPSA) is 94.1 Å². The summed E-state index contributed by atoms with van der Waals surface area (Å²) >= 11 is 12.9. The third-order valence-electron chi connectivity index (χ3n) is 2.47. The molecule has 120 valence electrons. The van der Waals surface area contributed by atoms with E-state index in [1.54, 1.807) is 18.4 Å². The average Bonchev–Trinajstić information content (AvgIpc) is 2.55. The molecule has 1 N–H and O–H groups in total. The summed E-state index contributed by atoms with van der Waals surface area (Å²) in [6.07, 6.45) is 4.54. The van der Waals surface area contributed by atoms with Gasteiger partial charge in [-0.3, -0.25) is 4.79 Å². The molecule has 0 saturated heterocycles. The van der Waals surface area contributed by atoms with Crippen molar-refractivity contribution in [2.45, 2.75) is 5.16 Å². The van der Waals surface area contributed by atoms with E-state index in [1.807, 2.05) is 0 Å². The standard InChI is InChI=1S/C13H10Cl2N4O3S/c1-23-13-17-5-7(14)10(19-13)12(21)22-6-9(20)18-8-3-2-4-16-11(8)15/h2-5H,6H2,1H3,(H,18,20). The van der Waals surface area contributed by atoms with Gasteiger partial charge < -0.3 is 10.1 Å². The number of amides is 1. The van der Waals surface area contributed by atoms with Gasteiger partial charge in [0.05, 0.1) is 16.9 Å². The van der Waals surface area contributed by atoms with Gasteiger partial charge in [-0.2, -0.15) is 0 Å². The first-order valence-corrected chi connectivity index (χ1v) is 8.13. The number of halogens is 2. The van der Waals surface area contributed by atoms with Crippen LogP contribution in [0.4, 0.5) is 5.69 Å². The zero-order valence-electron chi connectivity index (χ0n) is 11.7. The molecule has 2 heterocycles. The first-order valence-electron chi connectivity index (χ1n) is 6.15. The second-order valence-electron chi connectivity index (χ2n) is 4.02. The van der Waals surface area contributed by atoms with E-state index in [0.29, 0.717) is 10.8 Å². The van der Waals surface area contributed by atoms with Gasteiger partial charge >= 0.3 is 5.97 Å². The lowest BCUT2D eigenvalue weighted by molar-refractivity contribution is -0.119. The third-order valence-corrected chi connectivity index (χ3v) is 3.61. The summed E-state index contributed by atoms with van der Waals surface area (Å²) in [4.78, 5) is 35.4. The zero-order chi connectivity index (χ0) is 16.8. The van der Waals surface area contributed by atoms with Crippen LogP contribution >= 0.6 is 35.0 Å². The summed E-state index contributed by atoms with van der Waals surface area (Å²) < 4.78 is 4.88. The van der Waals surface area contributed by atoms with Crippen LogP contribution in [0.15, 0.2) is 29.7 Å². The van der Waals surface area contributed by atoms with Gasteiger partial charge in [0.15, 0.2) is 22.6 Å². The number of rotatable bonds is 5. The van der Waals surface area contributed by atoms with E-state index in [-0.39, 0.29) is 15.9 Å². The van der Waals surface area contributed by atoms with Crippen LogP contribution in [-0.2, 0) is 9.53 Å². The Hall–Kier alpha value is -1.90. The molecule has 0 bridgehead atoms. The maximum atomic E-state index is 11.9. The molecule has 0 aliphatic rings. The molecule has 0 aliphatic carbocycles. The number of nitrogens with one attached hydrogen (secondary N) is 1. The molecule has 2 aromatic rings. The highest BCUT2D eigenvalue weighted by molar-refractivity contribution is 7.98. The predicted octanol–water partition coefficient (Wildman–Crippen LogP) is 2.70. The van der Waals surface area contributed by atoms with Crippen molar-refractivity contribution in [3.63, 3.8) is 0 Å². The quantitative estimate of drug-likeness (QED) is 0.373. The highest BCUT2D eigenvalue weighted by atomic mass is 35.5. The normalized spacial score (nSPS) is 10.2. The van der Waals surface area contributed by atoms with Gasteiger partial charge in [-0.05, 0) is 18.4 Å². The van der Waals surface area contributed by atoms with E-state index in [1.165, 1.54) is 24.2 Å². The first kappa shape index (κ1) is 17.5. The van der Waals surface area contributed by atoms with Gasteiger partial charge in [-0.15, -0.1) is 0 Å². The highest BCUT2D eigenvalue weighted by Crippen LogP contribution is 2.18. The maximum absolute atomic E-state index is 11.9. The molecular weight excluding hydrogens is 363 g/mol. The Morgan fingerprint density at radius 3 is 2.83 bits per heavy atom. The molecule has 0 saturated carbocycles. The van der Waals surface area contributed by atoms with Crippen molar-refractivity contribution in [1.29, 1.82) is 0 Å². The number of pyridine rings is 1. The molecule has 0 fully saturated rings. The number of anilines is 1. The molecule has 0 aromatic carbocycles. The van der Waals surface area contributed by atoms with Gasteiger partial charge in [-0.1, -0.05) is 35.0 Å². The predicted molar refractivity (Wildman–Crippen MR) is 87.0 cm³/mol. The van der Waals surface area contributed by atoms with Crippen LogP contribution in [0.5, 0.6) is 0 Å². The van der Waals surface area contributed by atoms with E-state index < -0.39 is 18.5 Å². The fourth-order valence-electron chi connectivity index (χ4n) is 1.46. The first-order chi connectivity index (χ1) is 11.0. The summed E-state index contributed by atoms with van der Waals surface area (Å²) in [6, 6.07) is 3.18. The minimum atomic E-state index is -0.819. The van der Waals surface area contributed by atoms with Gasteiger partial charge in [0.1, 0.15) is 0 Å². The Labute approximate surface area is 145 Å². The summed E-state index contributed by atoms with van der Waals surface area (Å²) in [5, 5.41) is 3.02. The fourth-order valence-corrected chi connectivity index (χ4v) is 2.13. The van der Waals surface area contributed by atoms with Gasteiger partial charge in [-0.25, -0.2) is 19.7 Å². The lowest BCUT2D eigenvalue weighted by Gasteiger charge is -2.08. The van der Waals surface area contributed by atoms with E-state index in [2.05, 4.69) is 20.3 Å². The largest absolute Gasteiger partial charge is 0.451 e. The number of ether oxygens (including phenoxy) is 1. The molecular formula is C13H10Cl2N4O3S. The van der Waals surface area contributed by atoms with Crippen molar-refractivity contribution < 1.29 is 14.3 Å². The number of hydrogen-bond acceptors (Lipinski definition) is 7. The van der Waals surface area contributed by atoms with Crippen LogP contribution in [0.3, 0.4) is 0 Å². The van der Waals surface area contributed by atoms with Crippen molar-refractivity contribution in [2.75, 3.05) is 18.2 Å². The van der Waals surface area contributed by atoms with Gasteiger partial charge in [0.25, 0.3) is 5.91 Å². The number of carbonyl (C=O) groups is 2. The van der Waals surface area contributed by atoms with Crippen molar-refractivity contribution in [2.24, 2.45) is 0 Å². The molecule has 1 amide bonds. The van der Waals surface area contributed by atoms with Gasteiger partial charge in [0.2, 0.25) is 0 Å². The summed E-state index contributed by atoms with van der Waals surface area (Å²) in [5.74, 6) is -1.39. The van der Waals surface area contributed by atoms with Crippen LogP contribution in [0.1, 0.15) is 10.5 Å². The van der Waals surface area contributed by atoms with E-state index >= 15 is 0 Å². The summed E-state index contributed by atoms with van der Waals surface area (Å²) in [6.45, 7) is -0.515. The summed E-state index contributed by atoms with van der Waals surface area (Å²) in [7, 11) is 0. The molecule has 0 atom stereocenters. The SMILES string of the molecule is CSc1ncc(Cl)c(C(=O)OCC(=O)Nc2cccnc2Cl)n1. The number of carbonyl (C=O) groups excluding carboxylic acids is 2. The van der Waals surface area contributed by atoms with Crippen LogP contribution < -0.4 is 5.32 Å². The number of thioether (sulfide) groups is 1. The van der Waals surface area contributed by atoms with E-state index in [4.69, 9.17) is 27.9 Å². The Kier molecular flexibility index (Phi) is 6.14. The maximum Gasteiger partial charge on any atom is 0.359 e. The lowest BCUT2D eigenvalue weighted by atomic mass is 10.4. The lowest BCUT2D eigenvalue weighted by Crippen LogP contribution is -2.22. The second kappa shape index (κ2) is 8.09. The molecule has 0 radical (unpaired) electrons. The molecule has 7 nitrogen and oxygen atoms in total.